The zero-order valence-electron chi connectivity index (χ0n) is 11.9. The van der Waals surface area contributed by atoms with Crippen LogP contribution in [0.25, 0.3) is 0 Å². The van der Waals surface area contributed by atoms with E-state index in [4.69, 9.17) is 0 Å². The zero-order valence-corrected chi connectivity index (χ0v) is 12.7. The van der Waals surface area contributed by atoms with Gasteiger partial charge in [-0.05, 0) is 38.6 Å². The van der Waals surface area contributed by atoms with Crippen LogP contribution in [0.1, 0.15) is 12.5 Å². The van der Waals surface area contributed by atoms with Gasteiger partial charge in [0, 0.05) is 25.3 Å². The minimum atomic E-state index is 0. The number of halogens is 1. The molecular formula is C14H24ClN3O. The van der Waals surface area contributed by atoms with Gasteiger partial charge < -0.3 is 15.5 Å². The molecule has 0 spiro atoms. The van der Waals surface area contributed by atoms with Crippen molar-refractivity contribution in [3.63, 3.8) is 0 Å². The van der Waals surface area contributed by atoms with Gasteiger partial charge in [-0.1, -0.05) is 12.1 Å². The molecule has 0 heterocycles. The summed E-state index contributed by atoms with van der Waals surface area (Å²) in [6.07, 6.45) is 0. The highest BCUT2D eigenvalue weighted by Gasteiger charge is 2.05. The van der Waals surface area contributed by atoms with Crippen molar-refractivity contribution in [1.82, 2.24) is 10.6 Å². The molecule has 0 aromatic heterocycles. The predicted molar refractivity (Wildman–Crippen MR) is 83.3 cm³/mol. The molecule has 0 atom stereocenters. The predicted octanol–water partition coefficient (Wildman–Crippen LogP) is 1.58. The van der Waals surface area contributed by atoms with Crippen LogP contribution < -0.4 is 15.5 Å². The molecule has 1 rings (SSSR count). The molecule has 2 N–H and O–H groups in total. The fourth-order valence-corrected chi connectivity index (χ4v) is 1.85. The second-order valence-corrected chi connectivity index (χ2v) is 4.30. The first-order valence-corrected chi connectivity index (χ1v) is 6.40. The van der Waals surface area contributed by atoms with Crippen molar-refractivity contribution in [2.24, 2.45) is 0 Å². The van der Waals surface area contributed by atoms with Gasteiger partial charge in [0.25, 0.3) is 0 Å². The summed E-state index contributed by atoms with van der Waals surface area (Å²) in [6, 6.07) is 8.42. The lowest BCUT2D eigenvalue weighted by atomic mass is 10.2. The Balaban J connectivity index is 0.00000324. The van der Waals surface area contributed by atoms with Crippen LogP contribution in [-0.4, -0.2) is 39.1 Å². The Bertz CT molecular complexity index is 385. The van der Waals surface area contributed by atoms with Crippen LogP contribution in [0.15, 0.2) is 24.3 Å². The number of benzene rings is 1. The van der Waals surface area contributed by atoms with Crippen LogP contribution in [0, 0.1) is 6.92 Å². The second-order valence-electron chi connectivity index (χ2n) is 4.30. The van der Waals surface area contributed by atoms with E-state index in [-0.39, 0.29) is 18.3 Å². The van der Waals surface area contributed by atoms with Gasteiger partial charge in [-0.15, -0.1) is 12.4 Å². The Hall–Kier alpha value is -1.26. The van der Waals surface area contributed by atoms with Gasteiger partial charge in [0.15, 0.2) is 0 Å². The van der Waals surface area contributed by atoms with E-state index in [1.54, 1.807) is 7.05 Å². The van der Waals surface area contributed by atoms with Gasteiger partial charge in [0.2, 0.25) is 5.91 Å². The van der Waals surface area contributed by atoms with Gasteiger partial charge in [0.1, 0.15) is 0 Å². The van der Waals surface area contributed by atoms with E-state index < -0.39 is 0 Å². The topological polar surface area (TPSA) is 44.4 Å². The van der Waals surface area contributed by atoms with Crippen LogP contribution in [0.3, 0.4) is 0 Å². The second kappa shape index (κ2) is 9.64. The molecule has 1 aromatic rings. The Labute approximate surface area is 122 Å². The Morgan fingerprint density at radius 2 is 2.11 bits per heavy atom. The summed E-state index contributed by atoms with van der Waals surface area (Å²) >= 11 is 0. The molecule has 0 saturated heterocycles. The molecular weight excluding hydrogens is 262 g/mol. The summed E-state index contributed by atoms with van der Waals surface area (Å²) in [5.74, 6) is 0.0396. The number of aryl methyl sites for hydroxylation is 1. The van der Waals surface area contributed by atoms with E-state index in [0.717, 1.165) is 13.1 Å². The normalized spacial score (nSPS) is 9.63. The van der Waals surface area contributed by atoms with Crippen molar-refractivity contribution in [1.29, 1.82) is 0 Å². The maximum Gasteiger partial charge on any atom is 0.234 e. The van der Waals surface area contributed by atoms with Crippen LogP contribution >= 0.6 is 12.4 Å². The van der Waals surface area contributed by atoms with Crippen molar-refractivity contribution >= 4 is 24.0 Å². The lowest BCUT2D eigenvalue weighted by molar-refractivity contribution is -0.120. The molecule has 0 radical (unpaired) electrons. The summed E-state index contributed by atoms with van der Waals surface area (Å²) in [5, 5.41) is 5.72. The number of hydrogen-bond donors (Lipinski definition) is 2. The van der Waals surface area contributed by atoms with E-state index >= 15 is 0 Å². The van der Waals surface area contributed by atoms with Crippen LogP contribution in [0.5, 0.6) is 0 Å². The van der Waals surface area contributed by atoms with Crippen LogP contribution in [-0.2, 0) is 4.79 Å². The van der Waals surface area contributed by atoms with Crippen molar-refractivity contribution in [3.05, 3.63) is 29.8 Å². The molecule has 1 amide bonds. The standard InChI is InChI=1S/C14H23N3O.ClH/c1-4-17(9-8-16-14(18)11-15-3)13-7-5-6-12(2)10-13;/h5-7,10,15H,4,8-9,11H2,1-3H3,(H,16,18);1H. The number of carbonyl (C=O) groups excluding carboxylic acids is 1. The molecule has 0 aliphatic heterocycles. The van der Waals surface area contributed by atoms with Crippen molar-refractivity contribution in [2.45, 2.75) is 13.8 Å². The fraction of sp³-hybridized carbons (Fsp3) is 0.500. The fourth-order valence-electron chi connectivity index (χ4n) is 1.85. The van der Waals surface area contributed by atoms with E-state index in [1.807, 2.05) is 0 Å². The van der Waals surface area contributed by atoms with Gasteiger partial charge >= 0.3 is 0 Å². The quantitative estimate of drug-likeness (QED) is 0.799. The highest BCUT2D eigenvalue weighted by Crippen LogP contribution is 2.14. The maximum absolute atomic E-state index is 11.3. The minimum absolute atomic E-state index is 0. The Morgan fingerprint density at radius 3 is 2.68 bits per heavy atom. The molecule has 0 fully saturated rings. The zero-order chi connectivity index (χ0) is 13.4. The number of nitrogens with zero attached hydrogens (tertiary/aromatic N) is 1. The number of likely N-dealkylation sites (N-methyl/N-ethyl adjacent to an activating group) is 2. The summed E-state index contributed by atoms with van der Waals surface area (Å²) in [5.41, 5.74) is 2.46. The molecule has 0 bridgehead atoms. The highest BCUT2D eigenvalue weighted by molar-refractivity contribution is 5.85. The van der Waals surface area contributed by atoms with E-state index in [1.165, 1.54) is 11.3 Å². The van der Waals surface area contributed by atoms with Crippen molar-refractivity contribution < 1.29 is 4.79 Å². The molecule has 0 unspecified atom stereocenters. The average molecular weight is 286 g/mol. The highest BCUT2D eigenvalue weighted by atomic mass is 35.5. The minimum Gasteiger partial charge on any atom is -0.370 e. The number of hydrogen-bond acceptors (Lipinski definition) is 3. The van der Waals surface area contributed by atoms with Crippen LogP contribution in [0.4, 0.5) is 5.69 Å². The molecule has 0 aliphatic carbocycles. The van der Waals surface area contributed by atoms with Gasteiger partial charge in [0.05, 0.1) is 6.54 Å². The number of rotatable bonds is 7. The number of amides is 1. The summed E-state index contributed by atoms with van der Waals surface area (Å²) in [6.45, 7) is 7.02. The molecule has 0 saturated carbocycles. The lowest BCUT2D eigenvalue weighted by Crippen LogP contribution is -2.38. The lowest BCUT2D eigenvalue weighted by Gasteiger charge is -2.23. The Kier molecular flexibility index (Phi) is 9.00. The van der Waals surface area contributed by atoms with Gasteiger partial charge in [-0.3, -0.25) is 4.79 Å². The largest absolute Gasteiger partial charge is 0.370 e. The van der Waals surface area contributed by atoms with Crippen molar-refractivity contribution in [3.8, 4) is 0 Å². The number of carbonyl (C=O) groups is 1. The maximum atomic E-state index is 11.3. The first-order valence-electron chi connectivity index (χ1n) is 6.40. The van der Waals surface area contributed by atoms with E-state index in [2.05, 4.69) is 53.6 Å². The molecule has 0 aliphatic rings. The van der Waals surface area contributed by atoms with E-state index in [0.29, 0.717) is 13.1 Å². The average Bonchev–Trinajstić information content (AvgIpc) is 2.35. The van der Waals surface area contributed by atoms with Crippen molar-refractivity contribution in [2.75, 3.05) is 38.1 Å². The molecule has 1 aromatic carbocycles. The summed E-state index contributed by atoms with van der Waals surface area (Å²) in [4.78, 5) is 13.6. The number of nitrogens with one attached hydrogen (secondary N) is 2. The number of anilines is 1. The van der Waals surface area contributed by atoms with Gasteiger partial charge in [-0.25, -0.2) is 0 Å². The first kappa shape index (κ1) is 17.7. The molecule has 19 heavy (non-hydrogen) atoms. The van der Waals surface area contributed by atoms with E-state index in [9.17, 15) is 4.79 Å². The summed E-state index contributed by atoms with van der Waals surface area (Å²) < 4.78 is 0. The summed E-state index contributed by atoms with van der Waals surface area (Å²) in [7, 11) is 1.77. The SMILES string of the molecule is CCN(CCNC(=O)CNC)c1cccc(C)c1.Cl. The third kappa shape index (κ3) is 6.45. The van der Waals surface area contributed by atoms with Crippen LogP contribution in [0.2, 0.25) is 0 Å². The molecule has 108 valence electrons. The molecule has 4 nitrogen and oxygen atoms in total. The third-order valence-electron chi connectivity index (χ3n) is 2.79. The Morgan fingerprint density at radius 1 is 1.37 bits per heavy atom. The van der Waals surface area contributed by atoms with Gasteiger partial charge in [-0.2, -0.15) is 0 Å². The third-order valence-corrected chi connectivity index (χ3v) is 2.79. The first-order chi connectivity index (χ1) is 8.67. The molecule has 5 heteroatoms. The smallest absolute Gasteiger partial charge is 0.234 e. The monoisotopic (exact) mass is 285 g/mol.